The van der Waals surface area contributed by atoms with Crippen molar-refractivity contribution in [2.45, 2.75) is 107 Å². The second kappa shape index (κ2) is 12.5. The van der Waals surface area contributed by atoms with Gasteiger partial charge < -0.3 is 44.3 Å². The van der Waals surface area contributed by atoms with Crippen LogP contribution in [0.15, 0.2) is 36.4 Å². The highest BCUT2D eigenvalue weighted by atomic mass is 16.5. The summed E-state index contributed by atoms with van der Waals surface area (Å²) in [6.07, 6.45) is 12.2. The van der Waals surface area contributed by atoms with Gasteiger partial charge >= 0.3 is 0 Å². The number of aliphatic hydroxyl groups is 2. The molecule has 6 aliphatic rings. The van der Waals surface area contributed by atoms with Gasteiger partial charge in [-0.15, -0.1) is 0 Å². The normalized spacial score (nSPS) is 28.8. The van der Waals surface area contributed by atoms with Gasteiger partial charge in [-0.05, 0) is 81.5 Å². The Morgan fingerprint density at radius 1 is 0.824 bits per heavy atom. The molecule has 10 nitrogen and oxygen atoms in total. The van der Waals surface area contributed by atoms with E-state index in [1.165, 1.54) is 7.11 Å². The lowest BCUT2D eigenvalue weighted by Crippen LogP contribution is -2.61. The van der Waals surface area contributed by atoms with Crippen LogP contribution in [0.1, 0.15) is 104 Å². The second-order valence-electron chi connectivity index (χ2n) is 15.2. The fraction of sp³-hybridized carbons (Fsp3) is 0.512. The van der Waals surface area contributed by atoms with E-state index in [0.717, 1.165) is 96.2 Å². The maximum Gasteiger partial charge on any atom is 0.200 e. The molecule has 5 N–H and O–H groups in total. The van der Waals surface area contributed by atoms with Crippen molar-refractivity contribution in [3.63, 3.8) is 0 Å². The van der Waals surface area contributed by atoms with E-state index in [1.54, 1.807) is 13.2 Å². The third kappa shape index (κ3) is 5.24. The predicted molar refractivity (Wildman–Crippen MR) is 192 cm³/mol. The van der Waals surface area contributed by atoms with Gasteiger partial charge in [0.15, 0.2) is 23.5 Å². The van der Waals surface area contributed by atoms with Crippen LogP contribution >= 0.6 is 0 Å². The minimum Gasteiger partial charge on any atom is -0.502 e. The van der Waals surface area contributed by atoms with Gasteiger partial charge in [0.05, 0.1) is 38.6 Å². The first-order valence-corrected chi connectivity index (χ1v) is 18.7. The van der Waals surface area contributed by atoms with Crippen molar-refractivity contribution < 1.29 is 39.0 Å². The summed E-state index contributed by atoms with van der Waals surface area (Å²) in [5.41, 5.74) is 6.25. The largest absolute Gasteiger partial charge is 0.502 e. The first-order chi connectivity index (χ1) is 24.8. The van der Waals surface area contributed by atoms with Crippen LogP contribution in [0.4, 0.5) is 5.69 Å². The van der Waals surface area contributed by atoms with E-state index in [9.17, 15) is 15.3 Å². The summed E-state index contributed by atoms with van der Waals surface area (Å²) in [6, 6.07) is 7.62. The molecule has 2 saturated carbocycles. The zero-order valence-corrected chi connectivity index (χ0v) is 29.6. The molecule has 0 radical (unpaired) electrons. The van der Waals surface area contributed by atoms with Crippen LogP contribution in [-0.4, -0.2) is 54.0 Å². The van der Waals surface area contributed by atoms with Gasteiger partial charge in [0.1, 0.15) is 17.2 Å². The van der Waals surface area contributed by atoms with Crippen LogP contribution in [0.2, 0.25) is 0 Å². The van der Waals surface area contributed by atoms with E-state index in [1.807, 2.05) is 18.2 Å². The molecule has 0 amide bonds. The first-order valence-electron chi connectivity index (χ1n) is 18.7. The summed E-state index contributed by atoms with van der Waals surface area (Å²) in [4.78, 5) is 0. The minimum absolute atomic E-state index is 0.0299. The molecule has 10 heteroatoms. The lowest BCUT2D eigenvalue weighted by atomic mass is 9.74. The number of fused-ring (bicyclic) bond motifs is 3. The summed E-state index contributed by atoms with van der Waals surface area (Å²) >= 11 is 0. The number of aliphatic hydroxyl groups excluding tert-OH is 2. The van der Waals surface area contributed by atoms with Gasteiger partial charge in [-0.2, -0.15) is 0 Å². The van der Waals surface area contributed by atoms with E-state index in [0.29, 0.717) is 41.4 Å². The molecule has 3 heterocycles. The second-order valence-corrected chi connectivity index (χ2v) is 15.2. The van der Waals surface area contributed by atoms with Gasteiger partial charge in [0.2, 0.25) is 5.75 Å². The summed E-state index contributed by atoms with van der Waals surface area (Å²) in [6.45, 7) is 2.37. The van der Waals surface area contributed by atoms with Crippen molar-refractivity contribution in [3.05, 3.63) is 64.2 Å². The molecule has 9 rings (SSSR count). The smallest absolute Gasteiger partial charge is 0.200 e. The Hall–Kier alpha value is -4.12. The topological polar surface area (TPSA) is 131 Å². The number of rotatable bonds is 7. The quantitative estimate of drug-likeness (QED) is 0.166. The molecular weight excluding hydrogens is 648 g/mol. The molecule has 0 aromatic heterocycles. The lowest BCUT2D eigenvalue weighted by molar-refractivity contribution is -0.0467. The number of phenols is 1. The Labute approximate surface area is 298 Å². The molecular formula is C41H48N2O8. The Morgan fingerprint density at radius 3 is 2.39 bits per heavy atom. The van der Waals surface area contributed by atoms with E-state index >= 15 is 0 Å². The molecule has 0 bridgehead atoms. The number of benzene rings is 3. The fourth-order valence-corrected chi connectivity index (χ4v) is 9.75. The average molecular weight is 697 g/mol. The zero-order chi connectivity index (χ0) is 35.0. The Morgan fingerprint density at radius 2 is 1.59 bits per heavy atom. The number of hydrogen-bond acceptors (Lipinski definition) is 10. The molecule has 3 aliphatic heterocycles. The van der Waals surface area contributed by atoms with Crippen LogP contribution in [0.3, 0.4) is 0 Å². The van der Waals surface area contributed by atoms with Crippen LogP contribution < -0.4 is 34.3 Å². The third-order valence-corrected chi connectivity index (χ3v) is 12.2. The van der Waals surface area contributed by atoms with Gasteiger partial charge in [-0.3, -0.25) is 5.32 Å². The maximum atomic E-state index is 12.3. The summed E-state index contributed by atoms with van der Waals surface area (Å²) in [5, 5.41) is 42.2. The van der Waals surface area contributed by atoms with E-state index < -0.39 is 24.0 Å². The molecule has 3 aromatic carbocycles. The Kier molecular flexibility index (Phi) is 8.05. The molecule has 3 aliphatic carbocycles. The molecule has 6 atom stereocenters. The molecule has 3 aromatic rings. The van der Waals surface area contributed by atoms with Gasteiger partial charge in [-0.1, -0.05) is 18.6 Å². The van der Waals surface area contributed by atoms with Crippen molar-refractivity contribution in [1.29, 1.82) is 0 Å². The average Bonchev–Trinajstić information content (AvgIpc) is 3.64. The minimum atomic E-state index is -1.02. The third-order valence-electron chi connectivity index (χ3n) is 12.2. The van der Waals surface area contributed by atoms with Gasteiger partial charge in [0, 0.05) is 64.4 Å². The van der Waals surface area contributed by atoms with E-state index in [-0.39, 0.29) is 30.4 Å². The van der Waals surface area contributed by atoms with E-state index in [4.69, 9.17) is 23.7 Å². The number of aromatic hydroxyl groups is 1. The van der Waals surface area contributed by atoms with Crippen molar-refractivity contribution in [1.82, 2.24) is 5.32 Å². The SMILES string of the molecule is COc1cc([C@@H]2COc3cc4c5c(c3[C@H]2O)CCc2c(OC)cc(O[C@@]36CCCC[C@@H]3C=C[C@@H](C)N6)c(c2-5)[C@H](O)N4)cc(OC2CCCC2)c1O. The van der Waals surface area contributed by atoms with Crippen molar-refractivity contribution in [2.24, 2.45) is 5.92 Å². The van der Waals surface area contributed by atoms with Gasteiger partial charge in [-0.25, -0.2) is 0 Å². The Balaban J connectivity index is 1.14. The predicted octanol–water partition coefficient (Wildman–Crippen LogP) is 6.94. The number of ether oxygens (including phenoxy) is 5. The highest BCUT2D eigenvalue weighted by Gasteiger charge is 2.47. The van der Waals surface area contributed by atoms with E-state index in [2.05, 4.69) is 29.7 Å². The first kappa shape index (κ1) is 32.8. The number of phenolic OH excluding ortho intramolecular Hbond substituents is 1. The van der Waals surface area contributed by atoms with Crippen LogP contribution in [0, 0.1) is 5.92 Å². The monoisotopic (exact) mass is 696 g/mol. The standard InChI is InChI=1S/C41H48N2O8/c1-21-11-12-23-8-6-7-15-41(23,43-21)51-31-19-29(47-2)25-13-14-26-34-28(42-40(46)37(31)36(25)34)18-30-35(26)38(44)27(20-49-30)22-16-32(48-3)39(45)33(17-22)50-24-9-4-5-10-24/h11-12,16-19,21,23-24,27,38,40,42-46H,4-10,13-15,20H2,1-3H3/t21-,23-,27+,38+,40+,41+/m1/s1. The number of hydrogen-bond donors (Lipinski definition) is 5. The molecule has 270 valence electrons. The maximum absolute atomic E-state index is 12.3. The highest BCUT2D eigenvalue weighted by molar-refractivity contribution is 5.93. The number of anilines is 1. The van der Waals surface area contributed by atoms with Crippen LogP contribution in [0.5, 0.6) is 34.5 Å². The van der Waals surface area contributed by atoms with Crippen LogP contribution in [-0.2, 0) is 12.8 Å². The number of methoxy groups -OCH3 is 2. The van der Waals surface area contributed by atoms with Crippen molar-refractivity contribution in [2.75, 3.05) is 26.1 Å². The summed E-state index contributed by atoms with van der Waals surface area (Å²) in [5.74, 6) is 2.36. The molecule has 0 spiro atoms. The van der Waals surface area contributed by atoms with Crippen molar-refractivity contribution in [3.8, 4) is 45.6 Å². The van der Waals surface area contributed by atoms with Gasteiger partial charge in [0.25, 0.3) is 0 Å². The summed E-state index contributed by atoms with van der Waals surface area (Å²) in [7, 11) is 3.21. The fourth-order valence-electron chi connectivity index (χ4n) is 9.75. The summed E-state index contributed by atoms with van der Waals surface area (Å²) < 4.78 is 31.4. The van der Waals surface area contributed by atoms with Crippen molar-refractivity contribution >= 4 is 5.69 Å². The highest BCUT2D eigenvalue weighted by Crippen LogP contribution is 2.58. The molecule has 2 fully saturated rings. The molecule has 51 heavy (non-hydrogen) atoms. The zero-order valence-electron chi connectivity index (χ0n) is 29.6. The Bertz CT molecular complexity index is 1900. The lowest BCUT2D eigenvalue weighted by Gasteiger charge is -2.48. The number of nitrogens with one attached hydrogen (secondary N) is 2. The molecule has 0 unspecified atom stereocenters. The molecule has 0 saturated heterocycles. The van der Waals surface area contributed by atoms with Crippen LogP contribution in [0.25, 0.3) is 11.1 Å².